The molecule has 2 amide bonds. The van der Waals surface area contributed by atoms with E-state index in [0.29, 0.717) is 18.7 Å². The van der Waals surface area contributed by atoms with Gasteiger partial charge in [0, 0.05) is 36.1 Å². The van der Waals surface area contributed by atoms with Crippen LogP contribution in [0.4, 0.5) is 5.69 Å². The number of carbonyl (C=O) groups excluding carboxylic acids is 2. The highest BCUT2D eigenvalue weighted by molar-refractivity contribution is 7.13. The summed E-state index contributed by atoms with van der Waals surface area (Å²) >= 11 is 1.43. The summed E-state index contributed by atoms with van der Waals surface area (Å²) in [6, 6.07) is 15.3. The molecule has 0 spiro atoms. The largest absolute Gasteiger partial charge is 0.497 e. The second-order valence-electron chi connectivity index (χ2n) is 6.76. The first-order valence-corrected chi connectivity index (χ1v) is 10.3. The predicted molar refractivity (Wildman–Crippen MR) is 113 cm³/mol. The van der Waals surface area contributed by atoms with Crippen molar-refractivity contribution in [3.05, 3.63) is 65.2 Å². The van der Waals surface area contributed by atoms with Crippen molar-refractivity contribution in [2.75, 3.05) is 18.6 Å². The van der Waals surface area contributed by atoms with Gasteiger partial charge in [-0.3, -0.25) is 9.59 Å². The highest BCUT2D eigenvalue weighted by Gasteiger charge is 2.21. The fraction of sp³-hybridized carbons (Fsp3) is 0.227. The number of hydrogen-bond donors (Lipinski definition) is 1. The van der Waals surface area contributed by atoms with Crippen molar-refractivity contribution < 1.29 is 14.3 Å². The molecule has 7 heteroatoms. The standard InChI is InChI=1S/C22H21N3O3S/c1-28-18-10-6-16(7-11-18)22-24-19(14-29-22)21(27)23-13-15-4-8-17(9-5-15)25-12-2-3-20(25)26/h4-11,14H,2-3,12-13H2,1H3,(H,23,27). The maximum atomic E-state index is 12.4. The Morgan fingerprint density at radius 1 is 1.17 bits per heavy atom. The molecule has 1 fully saturated rings. The predicted octanol–water partition coefficient (Wildman–Crippen LogP) is 3.88. The van der Waals surface area contributed by atoms with E-state index >= 15 is 0 Å². The lowest BCUT2D eigenvalue weighted by Crippen LogP contribution is -2.24. The number of methoxy groups -OCH3 is 1. The Hall–Kier alpha value is -3.19. The van der Waals surface area contributed by atoms with Gasteiger partial charge in [0.15, 0.2) is 0 Å². The molecule has 0 atom stereocenters. The number of anilines is 1. The zero-order chi connectivity index (χ0) is 20.2. The maximum Gasteiger partial charge on any atom is 0.271 e. The Kier molecular flexibility index (Phi) is 5.57. The lowest BCUT2D eigenvalue weighted by molar-refractivity contribution is -0.117. The molecule has 1 aliphatic heterocycles. The molecule has 6 nitrogen and oxygen atoms in total. The molecule has 2 aromatic carbocycles. The number of rotatable bonds is 6. The van der Waals surface area contributed by atoms with Crippen molar-refractivity contribution in [1.29, 1.82) is 0 Å². The van der Waals surface area contributed by atoms with Gasteiger partial charge >= 0.3 is 0 Å². The van der Waals surface area contributed by atoms with Gasteiger partial charge in [-0.15, -0.1) is 11.3 Å². The molecule has 0 bridgehead atoms. The number of thiazole rings is 1. The molecule has 0 unspecified atom stereocenters. The van der Waals surface area contributed by atoms with Crippen LogP contribution in [-0.4, -0.2) is 30.5 Å². The Morgan fingerprint density at radius 3 is 2.59 bits per heavy atom. The van der Waals surface area contributed by atoms with Crippen LogP contribution in [0.1, 0.15) is 28.9 Å². The fourth-order valence-electron chi connectivity index (χ4n) is 3.23. The second-order valence-corrected chi connectivity index (χ2v) is 7.62. The van der Waals surface area contributed by atoms with Crippen molar-refractivity contribution in [3.63, 3.8) is 0 Å². The van der Waals surface area contributed by atoms with Crippen LogP contribution in [0.15, 0.2) is 53.9 Å². The highest BCUT2D eigenvalue weighted by atomic mass is 32.1. The first kappa shape index (κ1) is 19.1. The summed E-state index contributed by atoms with van der Waals surface area (Å²) in [5.74, 6) is 0.741. The number of ether oxygens (including phenoxy) is 1. The maximum absolute atomic E-state index is 12.4. The smallest absolute Gasteiger partial charge is 0.271 e. The molecule has 1 N–H and O–H groups in total. The van der Waals surface area contributed by atoms with Gasteiger partial charge in [0.1, 0.15) is 16.5 Å². The normalized spacial score (nSPS) is 13.6. The number of aromatic nitrogens is 1. The fourth-order valence-corrected chi connectivity index (χ4v) is 4.04. The first-order chi connectivity index (χ1) is 14.1. The van der Waals surface area contributed by atoms with Gasteiger partial charge in [0.2, 0.25) is 5.91 Å². The van der Waals surface area contributed by atoms with Crippen LogP contribution < -0.4 is 15.0 Å². The van der Waals surface area contributed by atoms with E-state index in [1.807, 2.05) is 48.5 Å². The summed E-state index contributed by atoms with van der Waals surface area (Å²) in [4.78, 5) is 30.5. The Bertz CT molecular complexity index is 1010. The van der Waals surface area contributed by atoms with Crippen molar-refractivity contribution >= 4 is 28.8 Å². The van der Waals surface area contributed by atoms with E-state index in [1.165, 1.54) is 11.3 Å². The van der Waals surface area contributed by atoms with Crippen LogP contribution in [0.25, 0.3) is 10.6 Å². The number of benzene rings is 2. The van der Waals surface area contributed by atoms with Crippen molar-refractivity contribution in [2.24, 2.45) is 0 Å². The Balaban J connectivity index is 1.36. The lowest BCUT2D eigenvalue weighted by Gasteiger charge is -2.16. The second kappa shape index (κ2) is 8.45. The van der Waals surface area contributed by atoms with Gasteiger partial charge in [-0.1, -0.05) is 12.1 Å². The van der Waals surface area contributed by atoms with E-state index < -0.39 is 0 Å². The molecule has 4 rings (SSSR count). The van der Waals surface area contributed by atoms with Gasteiger partial charge in [0.05, 0.1) is 7.11 Å². The third-order valence-corrected chi connectivity index (χ3v) is 5.74. The molecule has 3 aromatic rings. The zero-order valence-electron chi connectivity index (χ0n) is 16.1. The molecule has 1 aromatic heterocycles. The summed E-state index contributed by atoms with van der Waals surface area (Å²) < 4.78 is 5.16. The number of nitrogens with one attached hydrogen (secondary N) is 1. The first-order valence-electron chi connectivity index (χ1n) is 9.41. The summed E-state index contributed by atoms with van der Waals surface area (Å²) in [6.07, 6.45) is 1.52. The molecule has 148 valence electrons. The quantitative estimate of drug-likeness (QED) is 0.673. The minimum atomic E-state index is -0.209. The third-order valence-electron chi connectivity index (χ3n) is 4.85. The summed E-state index contributed by atoms with van der Waals surface area (Å²) in [7, 11) is 1.63. The van der Waals surface area contributed by atoms with E-state index in [0.717, 1.165) is 40.5 Å². The minimum absolute atomic E-state index is 0.169. The number of amides is 2. The highest BCUT2D eigenvalue weighted by Crippen LogP contribution is 2.26. The van der Waals surface area contributed by atoms with Gasteiger partial charge in [-0.05, 0) is 48.4 Å². The average molecular weight is 407 g/mol. The lowest BCUT2D eigenvalue weighted by atomic mass is 10.2. The molecule has 0 radical (unpaired) electrons. The van der Waals surface area contributed by atoms with Crippen LogP contribution >= 0.6 is 11.3 Å². The summed E-state index contributed by atoms with van der Waals surface area (Å²) in [6.45, 7) is 1.18. The molecular formula is C22H21N3O3S. The van der Waals surface area contributed by atoms with Crippen molar-refractivity contribution in [2.45, 2.75) is 19.4 Å². The molecule has 2 heterocycles. The monoisotopic (exact) mass is 407 g/mol. The Labute approximate surface area is 173 Å². The van der Waals surface area contributed by atoms with Crippen LogP contribution in [0, 0.1) is 0 Å². The average Bonchev–Trinajstić information content (AvgIpc) is 3.42. The van der Waals surface area contributed by atoms with E-state index in [2.05, 4.69) is 10.3 Å². The molecule has 1 aliphatic rings. The zero-order valence-corrected chi connectivity index (χ0v) is 16.9. The van der Waals surface area contributed by atoms with Gasteiger partial charge < -0.3 is 15.0 Å². The van der Waals surface area contributed by atoms with E-state index in [4.69, 9.17) is 4.74 Å². The Morgan fingerprint density at radius 2 is 1.93 bits per heavy atom. The SMILES string of the molecule is COc1ccc(-c2nc(C(=O)NCc3ccc(N4CCCC4=O)cc3)cs2)cc1. The van der Waals surface area contributed by atoms with Crippen LogP contribution in [0.2, 0.25) is 0 Å². The summed E-state index contributed by atoms with van der Waals surface area (Å²) in [5.41, 5.74) is 3.23. The van der Waals surface area contributed by atoms with E-state index in [1.54, 1.807) is 17.4 Å². The van der Waals surface area contributed by atoms with Crippen molar-refractivity contribution in [1.82, 2.24) is 10.3 Å². The number of nitrogens with zero attached hydrogens (tertiary/aromatic N) is 2. The van der Waals surface area contributed by atoms with Gasteiger partial charge in [-0.2, -0.15) is 0 Å². The van der Waals surface area contributed by atoms with Gasteiger partial charge in [-0.25, -0.2) is 4.98 Å². The third kappa shape index (κ3) is 4.30. The molecule has 29 heavy (non-hydrogen) atoms. The van der Waals surface area contributed by atoms with Crippen LogP contribution in [0.5, 0.6) is 5.75 Å². The number of carbonyl (C=O) groups is 2. The molecule has 0 aliphatic carbocycles. The van der Waals surface area contributed by atoms with Gasteiger partial charge in [0.25, 0.3) is 5.91 Å². The van der Waals surface area contributed by atoms with Crippen molar-refractivity contribution in [3.8, 4) is 16.3 Å². The minimum Gasteiger partial charge on any atom is -0.497 e. The van der Waals surface area contributed by atoms with Crippen LogP contribution in [-0.2, 0) is 11.3 Å². The molecule has 1 saturated heterocycles. The molecule has 0 saturated carbocycles. The summed E-state index contributed by atoms with van der Waals surface area (Å²) in [5, 5.41) is 5.45. The van der Waals surface area contributed by atoms with Crippen LogP contribution in [0.3, 0.4) is 0 Å². The van der Waals surface area contributed by atoms with E-state index in [9.17, 15) is 9.59 Å². The molecular weight excluding hydrogens is 386 g/mol. The topological polar surface area (TPSA) is 71.5 Å². The van der Waals surface area contributed by atoms with E-state index in [-0.39, 0.29) is 11.8 Å². The number of hydrogen-bond acceptors (Lipinski definition) is 5.